The molecular weight excluding hydrogens is 222 g/mol. The van der Waals surface area contributed by atoms with E-state index < -0.39 is 11.9 Å². The number of hydrogen-bond donors (Lipinski definition) is 2. The Morgan fingerprint density at radius 2 is 2.25 bits per heavy atom. The predicted octanol–water partition coefficient (Wildman–Crippen LogP) is 1.46. The molecule has 4 heteroatoms. The number of allylic oxidation sites excluding steroid dienone is 3. The number of rotatable bonds is 1. The lowest BCUT2D eigenvalue weighted by molar-refractivity contribution is -0.141. The Morgan fingerprint density at radius 3 is 2.67 bits per heavy atom. The molecule has 1 rings (SSSR count). The summed E-state index contributed by atoms with van der Waals surface area (Å²) < 4.78 is 0.879. The van der Waals surface area contributed by atoms with Crippen molar-refractivity contribution in [3.63, 3.8) is 0 Å². The van der Waals surface area contributed by atoms with Gasteiger partial charge >= 0.3 is 5.97 Å². The zero-order chi connectivity index (χ0) is 9.30. The molecule has 0 spiro atoms. The maximum absolute atomic E-state index is 10.8. The van der Waals surface area contributed by atoms with Crippen molar-refractivity contribution >= 4 is 21.9 Å². The van der Waals surface area contributed by atoms with Gasteiger partial charge in [-0.3, -0.25) is 4.79 Å². The zero-order valence-electron chi connectivity index (χ0n) is 6.62. The van der Waals surface area contributed by atoms with E-state index in [2.05, 4.69) is 15.9 Å². The van der Waals surface area contributed by atoms with Gasteiger partial charge in [0, 0.05) is 11.6 Å². The molecule has 0 amide bonds. The highest BCUT2D eigenvalue weighted by Gasteiger charge is 2.30. The standard InChI is InChI=1S/C8H10BrNO2/c1-4-5(9)2-3-6(10)7(4)8(11)12/h2-4,7H,10H2,1H3,(H,11,12). The number of nitrogens with two attached hydrogens (primary N) is 1. The molecule has 0 aromatic heterocycles. The molecule has 0 saturated carbocycles. The molecule has 0 aromatic rings. The summed E-state index contributed by atoms with van der Waals surface area (Å²) in [7, 11) is 0. The smallest absolute Gasteiger partial charge is 0.313 e. The molecule has 0 radical (unpaired) electrons. The van der Waals surface area contributed by atoms with E-state index in [0.29, 0.717) is 5.70 Å². The quantitative estimate of drug-likeness (QED) is 0.719. The van der Waals surface area contributed by atoms with Crippen LogP contribution in [0.4, 0.5) is 0 Å². The number of aliphatic carboxylic acids is 1. The maximum atomic E-state index is 10.8. The molecule has 0 bridgehead atoms. The third-order valence-corrected chi connectivity index (χ3v) is 2.98. The molecule has 3 nitrogen and oxygen atoms in total. The topological polar surface area (TPSA) is 63.3 Å². The molecule has 2 unspecified atom stereocenters. The van der Waals surface area contributed by atoms with Gasteiger partial charge in [0.05, 0.1) is 0 Å². The van der Waals surface area contributed by atoms with E-state index in [9.17, 15) is 4.79 Å². The molecular formula is C8H10BrNO2. The van der Waals surface area contributed by atoms with Gasteiger partial charge in [-0.2, -0.15) is 0 Å². The second kappa shape index (κ2) is 3.31. The maximum Gasteiger partial charge on any atom is 0.313 e. The number of halogens is 1. The fourth-order valence-electron chi connectivity index (χ4n) is 1.24. The van der Waals surface area contributed by atoms with E-state index in [0.717, 1.165) is 4.48 Å². The van der Waals surface area contributed by atoms with Crippen LogP contribution >= 0.6 is 15.9 Å². The largest absolute Gasteiger partial charge is 0.481 e. The SMILES string of the molecule is CC1C(Br)=CC=C(N)C1C(=O)O. The summed E-state index contributed by atoms with van der Waals surface area (Å²) in [6.45, 7) is 1.83. The van der Waals surface area contributed by atoms with Crippen molar-refractivity contribution < 1.29 is 9.90 Å². The highest BCUT2D eigenvalue weighted by molar-refractivity contribution is 9.11. The molecule has 0 saturated heterocycles. The van der Waals surface area contributed by atoms with Crippen LogP contribution in [0.5, 0.6) is 0 Å². The first-order valence-corrected chi connectivity index (χ1v) is 4.39. The minimum absolute atomic E-state index is 0.0764. The lowest BCUT2D eigenvalue weighted by Gasteiger charge is -2.23. The van der Waals surface area contributed by atoms with Crippen LogP contribution in [0.25, 0.3) is 0 Å². The Hall–Kier alpha value is -0.770. The van der Waals surface area contributed by atoms with Crippen molar-refractivity contribution in [2.75, 3.05) is 0 Å². The van der Waals surface area contributed by atoms with Gasteiger partial charge in [-0.25, -0.2) is 0 Å². The average Bonchev–Trinajstić information content (AvgIpc) is 1.97. The Balaban J connectivity index is 2.97. The first-order valence-electron chi connectivity index (χ1n) is 3.59. The highest BCUT2D eigenvalue weighted by Crippen LogP contribution is 2.32. The summed E-state index contributed by atoms with van der Waals surface area (Å²) in [4.78, 5) is 10.8. The van der Waals surface area contributed by atoms with Crippen LogP contribution in [0.3, 0.4) is 0 Å². The average molecular weight is 232 g/mol. The Kier molecular flexibility index (Phi) is 2.57. The molecule has 0 aliphatic heterocycles. The number of hydrogen-bond acceptors (Lipinski definition) is 2. The van der Waals surface area contributed by atoms with Crippen molar-refractivity contribution in [3.05, 3.63) is 22.3 Å². The fraction of sp³-hybridized carbons (Fsp3) is 0.375. The van der Waals surface area contributed by atoms with Crippen molar-refractivity contribution in [1.82, 2.24) is 0 Å². The van der Waals surface area contributed by atoms with Gasteiger partial charge < -0.3 is 10.8 Å². The minimum atomic E-state index is -0.874. The highest BCUT2D eigenvalue weighted by atomic mass is 79.9. The fourth-order valence-corrected chi connectivity index (χ4v) is 1.63. The van der Waals surface area contributed by atoms with Crippen LogP contribution in [-0.4, -0.2) is 11.1 Å². The summed E-state index contributed by atoms with van der Waals surface area (Å²) in [5.41, 5.74) is 5.96. The van der Waals surface area contributed by atoms with E-state index in [1.807, 2.05) is 6.92 Å². The molecule has 0 heterocycles. The summed E-state index contributed by atoms with van der Waals surface area (Å²) in [5.74, 6) is -1.54. The van der Waals surface area contributed by atoms with Crippen LogP contribution in [0, 0.1) is 11.8 Å². The Morgan fingerprint density at radius 1 is 1.67 bits per heavy atom. The van der Waals surface area contributed by atoms with Gasteiger partial charge in [0.2, 0.25) is 0 Å². The van der Waals surface area contributed by atoms with Gasteiger partial charge in [0.1, 0.15) is 5.92 Å². The van der Waals surface area contributed by atoms with E-state index in [-0.39, 0.29) is 5.92 Å². The van der Waals surface area contributed by atoms with Gasteiger partial charge in [0.15, 0.2) is 0 Å². The van der Waals surface area contributed by atoms with E-state index in [1.54, 1.807) is 12.2 Å². The summed E-state index contributed by atoms with van der Waals surface area (Å²) in [5, 5.41) is 8.83. The summed E-state index contributed by atoms with van der Waals surface area (Å²) >= 11 is 3.29. The molecule has 66 valence electrons. The zero-order valence-corrected chi connectivity index (χ0v) is 8.21. The van der Waals surface area contributed by atoms with E-state index in [1.165, 1.54) is 0 Å². The molecule has 12 heavy (non-hydrogen) atoms. The molecule has 0 fully saturated rings. The number of carboxylic acid groups (broad SMARTS) is 1. The van der Waals surface area contributed by atoms with Crippen LogP contribution in [0.2, 0.25) is 0 Å². The minimum Gasteiger partial charge on any atom is -0.481 e. The number of carboxylic acids is 1. The van der Waals surface area contributed by atoms with Crippen LogP contribution < -0.4 is 5.73 Å². The van der Waals surface area contributed by atoms with Crippen molar-refractivity contribution in [3.8, 4) is 0 Å². The first kappa shape index (κ1) is 9.32. The van der Waals surface area contributed by atoms with Crippen LogP contribution in [-0.2, 0) is 4.79 Å². The van der Waals surface area contributed by atoms with Crippen LogP contribution in [0.15, 0.2) is 22.3 Å². The summed E-state index contributed by atoms with van der Waals surface area (Å²) in [6.07, 6.45) is 3.42. The third-order valence-electron chi connectivity index (χ3n) is 2.00. The number of carbonyl (C=O) groups is 1. The molecule has 2 atom stereocenters. The lowest BCUT2D eigenvalue weighted by Crippen LogP contribution is -2.29. The van der Waals surface area contributed by atoms with Gasteiger partial charge in [-0.15, -0.1) is 0 Å². The normalized spacial score (nSPS) is 29.2. The molecule has 1 aliphatic rings. The Labute approximate surface area is 79.1 Å². The lowest BCUT2D eigenvalue weighted by atomic mass is 9.87. The molecule has 0 aromatic carbocycles. The monoisotopic (exact) mass is 231 g/mol. The summed E-state index contributed by atoms with van der Waals surface area (Å²) in [6, 6.07) is 0. The van der Waals surface area contributed by atoms with Crippen molar-refractivity contribution in [1.29, 1.82) is 0 Å². The van der Waals surface area contributed by atoms with Gasteiger partial charge in [0.25, 0.3) is 0 Å². The van der Waals surface area contributed by atoms with Gasteiger partial charge in [-0.05, 0) is 10.6 Å². The van der Waals surface area contributed by atoms with Crippen molar-refractivity contribution in [2.45, 2.75) is 6.92 Å². The first-order chi connectivity index (χ1) is 5.54. The van der Waals surface area contributed by atoms with Gasteiger partial charge in [-0.1, -0.05) is 28.9 Å². The second-order valence-electron chi connectivity index (χ2n) is 2.82. The van der Waals surface area contributed by atoms with E-state index in [4.69, 9.17) is 10.8 Å². The third kappa shape index (κ3) is 1.53. The predicted molar refractivity (Wildman–Crippen MR) is 49.6 cm³/mol. The Bertz CT molecular complexity index is 270. The van der Waals surface area contributed by atoms with E-state index >= 15 is 0 Å². The van der Waals surface area contributed by atoms with Crippen LogP contribution in [0.1, 0.15) is 6.92 Å². The second-order valence-corrected chi connectivity index (χ2v) is 3.74. The van der Waals surface area contributed by atoms with Crippen molar-refractivity contribution in [2.24, 2.45) is 17.6 Å². The molecule has 3 N–H and O–H groups in total. The molecule has 1 aliphatic carbocycles.